The molecule has 0 unspecified atom stereocenters. The number of anilines is 2. The molecule has 1 amide bonds. The number of carbonyl (C=O) groups excluding carboxylic acids is 1. The van der Waals surface area contributed by atoms with Crippen LogP contribution in [-0.4, -0.2) is 19.1 Å². The van der Waals surface area contributed by atoms with Gasteiger partial charge in [0.05, 0.1) is 22.3 Å². The number of hydrogen-bond acceptors (Lipinski definition) is 4. The van der Waals surface area contributed by atoms with Gasteiger partial charge in [0.15, 0.2) is 6.61 Å². The van der Waals surface area contributed by atoms with Crippen molar-refractivity contribution < 1.29 is 14.3 Å². The lowest BCUT2D eigenvalue weighted by Gasteiger charge is -2.12. The smallest absolute Gasteiger partial charge is 0.262 e. The molecule has 7 heteroatoms. The van der Waals surface area contributed by atoms with Gasteiger partial charge in [-0.1, -0.05) is 41.4 Å². The highest BCUT2D eigenvalue weighted by Gasteiger charge is 2.09. The molecule has 0 heterocycles. The highest BCUT2D eigenvalue weighted by molar-refractivity contribution is 6.33. The number of carbonyl (C=O) groups is 1. The summed E-state index contributed by atoms with van der Waals surface area (Å²) in [6, 6.07) is 20.2. The molecule has 0 saturated carbocycles. The van der Waals surface area contributed by atoms with E-state index in [0.29, 0.717) is 34.6 Å². The molecule has 156 valence electrons. The average Bonchev–Trinajstić information content (AvgIpc) is 2.74. The second-order valence-electron chi connectivity index (χ2n) is 6.39. The molecule has 0 aliphatic rings. The highest BCUT2D eigenvalue weighted by Crippen LogP contribution is 2.26. The van der Waals surface area contributed by atoms with Gasteiger partial charge in [-0.2, -0.15) is 0 Å². The summed E-state index contributed by atoms with van der Waals surface area (Å²) in [5.41, 5.74) is 2.50. The van der Waals surface area contributed by atoms with Crippen LogP contribution in [0.2, 0.25) is 10.0 Å². The quantitative estimate of drug-likeness (QED) is 0.423. The number of hydrogen-bond donors (Lipinski definition) is 2. The Labute approximate surface area is 185 Å². The second kappa shape index (κ2) is 10.8. The van der Waals surface area contributed by atoms with Crippen molar-refractivity contribution in [3.05, 3.63) is 82.3 Å². The maximum Gasteiger partial charge on any atom is 0.262 e. The number of para-hydroxylation sites is 1. The molecule has 0 spiro atoms. The van der Waals surface area contributed by atoms with Gasteiger partial charge in [0, 0.05) is 12.2 Å². The highest BCUT2D eigenvalue weighted by atomic mass is 35.5. The number of rotatable bonds is 9. The lowest BCUT2D eigenvalue weighted by molar-refractivity contribution is -0.118. The van der Waals surface area contributed by atoms with Crippen LogP contribution in [0.3, 0.4) is 0 Å². The van der Waals surface area contributed by atoms with Crippen molar-refractivity contribution in [2.45, 2.75) is 13.5 Å². The van der Waals surface area contributed by atoms with Crippen LogP contribution in [0.1, 0.15) is 12.5 Å². The fourth-order valence-corrected chi connectivity index (χ4v) is 3.14. The van der Waals surface area contributed by atoms with Crippen molar-refractivity contribution in [3.63, 3.8) is 0 Å². The van der Waals surface area contributed by atoms with E-state index in [1.165, 1.54) is 0 Å². The molecule has 5 nitrogen and oxygen atoms in total. The number of nitrogens with one attached hydrogen (secondary N) is 2. The predicted molar refractivity (Wildman–Crippen MR) is 122 cm³/mol. The van der Waals surface area contributed by atoms with E-state index < -0.39 is 0 Å². The molecular weight excluding hydrogens is 423 g/mol. The molecule has 0 aliphatic heterocycles. The molecule has 0 bridgehead atoms. The fourth-order valence-electron chi connectivity index (χ4n) is 2.70. The summed E-state index contributed by atoms with van der Waals surface area (Å²) in [5.74, 6) is 0.961. The van der Waals surface area contributed by atoms with Crippen molar-refractivity contribution in [3.8, 4) is 11.5 Å². The zero-order valence-corrected chi connectivity index (χ0v) is 18.0. The van der Waals surface area contributed by atoms with Gasteiger partial charge in [-0.25, -0.2) is 0 Å². The van der Waals surface area contributed by atoms with Crippen molar-refractivity contribution in [2.75, 3.05) is 23.8 Å². The first-order valence-corrected chi connectivity index (χ1v) is 10.2. The van der Waals surface area contributed by atoms with E-state index in [2.05, 4.69) is 10.6 Å². The monoisotopic (exact) mass is 444 g/mol. The van der Waals surface area contributed by atoms with Crippen molar-refractivity contribution in [2.24, 2.45) is 0 Å². The van der Waals surface area contributed by atoms with E-state index in [1.807, 2.05) is 43.3 Å². The average molecular weight is 445 g/mol. The van der Waals surface area contributed by atoms with Crippen LogP contribution in [0.5, 0.6) is 11.5 Å². The lowest BCUT2D eigenvalue weighted by atomic mass is 10.2. The molecule has 3 aromatic carbocycles. The van der Waals surface area contributed by atoms with Crippen LogP contribution in [0, 0.1) is 0 Å². The summed E-state index contributed by atoms with van der Waals surface area (Å²) >= 11 is 12.3. The molecule has 0 fully saturated rings. The van der Waals surface area contributed by atoms with Crippen LogP contribution >= 0.6 is 23.2 Å². The summed E-state index contributed by atoms with van der Waals surface area (Å²) in [6.07, 6.45) is 0. The molecule has 3 aromatic rings. The van der Waals surface area contributed by atoms with E-state index in [0.717, 1.165) is 17.0 Å². The fraction of sp³-hybridized carbons (Fsp3) is 0.174. The van der Waals surface area contributed by atoms with Crippen molar-refractivity contribution >= 4 is 40.5 Å². The third kappa shape index (κ3) is 6.31. The van der Waals surface area contributed by atoms with Gasteiger partial charge in [-0.15, -0.1) is 0 Å². The first-order valence-electron chi connectivity index (χ1n) is 9.47. The van der Waals surface area contributed by atoms with Gasteiger partial charge in [0.1, 0.15) is 11.5 Å². The van der Waals surface area contributed by atoms with Crippen LogP contribution in [0.4, 0.5) is 11.4 Å². The Balaban J connectivity index is 1.51. The molecule has 0 aliphatic carbocycles. The molecular formula is C23H22Cl2N2O3. The van der Waals surface area contributed by atoms with Crippen molar-refractivity contribution in [1.29, 1.82) is 0 Å². The third-order valence-corrected chi connectivity index (χ3v) is 4.79. The largest absolute Gasteiger partial charge is 0.494 e. The van der Waals surface area contributed by atoms with Gasteiger partial charge < -0.3 is 20.1 Å². The molecule has 30 heavy (non-hydrogen) atoms. The normalized spacial score (nSPS) is 10.4. The number of halogens is 2. The van der Waals surface area contributed by atoms with Crippen LogP contribution in [-0.2, 0) is 11.3 Å². The predicted octanol–water partition coefficient (Wildman–Crippen LogP) is 6.02. The van der Waals surface area contributed by atoms with Crippen LogP contribution < -0.4 is 20.1 Å². The van der Waals surface area contributed by atoms with Crippen LogP contribution in [0.15, 0.2) is 66.7 Å². The Hall–Kier alpha value is -2.89. The summed E-state index contributed by atoms with van der Waals surface area (Å²) in [7, 11) is 0. The van der Waals surface area contributed by atoms with E-state index in [4.69, 9.17) is 32.7 Å². The van der Waals surface area contributed by atoms with E-state index >= 15 is 0 Å². The number of benzene rings is 3. The Morgan fingerprint density at radius 2 is 1.70 bits per heavy atom. The number of ether oxygens (including phenoxy) is 2. The summed E-state index contributed by atoms with van der Waals surface area (Å²) < 4.78 is 11.0. The molecule has 0 radical (unpaired) electrons. The maximum absolute atomic E-state index is 12.1. The zero-order chi connectivity index (χ0) is 21.3. The summed E-state index contributed by atoms with van der Waals surface area (Å²) in [4.78, 5) is 12.1. The van der Waals surface area contributed by atoms with Crippen LogP contribution in [0.25, 0.3) is 0 Å². The Kier molecular flexibility index (Phi) is 7.82. The molecule has 0 saturated heterocycles. The SMILES string of the molecule is CCOc1ccc(NCc2ccc(OCC(=O)Nc3ccccc3Cl)c(Cl)c2)cc1. The molecule has 3 rings (SSSR count). The topological polar surface area (TPSA) is 59.6 Å². The minimum Gasteiger partial charge on any atom is -0.494 e. The first kappa shape index (κ1) is 21.8. The first-order chi connectivity index (χ1) is 14.5. The minimum atomic E-state index is -0.319. The van der Waals surface area contributed by atoms with E-state index in [-0.39, 0.29) is 12.5 Å². The third-order valence-electron chi connectivity index (χ3n) is 4.16. The Morgan fingerprint density at radius 1 is 0.933 bits per heavy atom. The number of amides is 1. The Morgan fingerprint density at radius 3 is 2.40 bits per heavy atom. The minimum absolute atomic E-state index is 0.172. The van der Waals surface area contributed by atoms with Gasteiger partial charge in [0.25, 0.3) is 5.91 Å². The Bertz CT molecular complexity index is 994. The van der Waals surface area contributed by atoms with E-state index in [9.17, 15) is 4.79 Å². The zero-order valence-electron chi connectivity index (χ0n) is 16.5. The van der Waals surface area contributed by atoms with Gasteiger partial charge in [0.2, 0.25) is 0 Å². The molecule has 0 atom stereocenters. The van der Waals surface area contributed by atoms with Gasteiger partial charge in [-0.3, -0.25) is 4.79 Å². The summed E-state index contributed by atoms with van der Waals surface area (Å²) in [6.45, 7) is 3.02. The molecule has 0 aromatic heterocycles. The standard InChI is InChI=1S/C23H22Cl2N2O3/c1-2-29-18-10-8-17(9-11-18)26-14-16-7-12-22(20(25)13-16)30-15-23(28)27-21-6-4-3-5-19(21)24/h3-13,26H,2,14-15H2,1H3,(H,27,28). The maximum atomic E-state index is 12.1. The lowest BCUT2D eigenvalue weighted by Crippen LogP contribution is -2.20. The summed E-state index contributed by atoms with van der Waals surface area (Å²) in [5, 5.41) is 6.93. The van der Waals surface area contributed by atoms with Crippen molar-refractivity contribution in [1.82, 2.24) is 0 Å². The van der Waals surface area contributed by atoms with Gasteiger partial charge >= 0.3 is 0 Å². The van der Waals surface area contributed by atoms with E-state index in [1.54, 1.807) is 30.3 Å². The molecule has 2 N–H and O–H groups in total. The second-order valence-corrected chi connectivity index (χ2v) is 7.21. The van der Waals surface area contributed by atoms with Gasteiger partial charge in [-0.05, 0) is 61.0 Å².